The van der Waals surface area contributed by atoms with Crippen LogP contribution in [0.25, 0.3) is 17.2 Å². The van der Waals surface area contributed by atoms with Gasteiger partial charge in [0.25, 0.3) is 5.91 Å². The number of thioether (sulfide) groups is 1. The molecule has 3 heterocycles. The van der Waals surface area contributed by atoms with Crippen LogP contribution in [0.15, 0.2) is 63.0 Å². The van der Waals surface area contributed by atoms with E-state index in [1.54, 1.807) is 12.3 Å². The van der Waals surface area contributed by atoms with Crippen molar-refractivity contribution >= 4 is 46.0 Å². The molecule has 4 rings (SSSR count). The van der Waals surface area contributed by atoms with Crippen molar-refractivity contribution in [1.82, 2.24) is 15.3 Å². The summed E-state index contributed by atoms with van der Waals surface area (Å²) in [4.78, 5) is 25.2. The first-order valence-corrected chi connectivity index (χ1v) is 7.66. The number of aromatic nitrogens is 2. The highest BCUT2D eigenvalue weighted by Gasteiger charge is 2.24. The molecular weight excluding hydrogens is 312 g/mol. The van der Waals surface area contributed by atoms with E-state index in [1.165, 1.54) is 11.8 Å². The van der Waals surface area contributed by atoms with E-state index in [-0.39, 0.29) is 11.9 Å². The van der Waals surface area contributed by atoms with Gasteiger partial charge in [-0.25, -0.2) is 0 Å². The molecular formula is C16H10N4O2S. The minimum Gasteiger partial charge on any atom is -0.422 e. The lowest BCUT2D eigenvalue weighted by atomic mass is 10.3. The number of hydrogen-bond acceptors (Lipinski definition) is 6. The van der Waals surface area contributed by atoms with Crippen molar-refractivity contribution in [3.8, 4) is 0 Å². The molecule has 7 heteroatoms. The highest BCUT2D eigenvalue weighted by Crippen LogP contribution is 2.28. The zero-order valence-corrected chi connectivity index (χ0v) is 12.6. The number of carbonyl (C=O) groups excluding carboxylic acids is 1. The highest BCUT2D eigenvalue weighted by atomic mass is 32.2. The molecule has 1 aromatic carbocycles. The summed E-state index contributed by atoms with van der Waals surface area (Å²) in [6, 6.07) is 13.1. The molecule has 0 spiro atoms. The number of fused-ring (bicyclic) bond motifs is 1. The third kappa shape index (κ3) is 2.86. The lowest BCUT2D eigenvalue weighted by molar-refractivity contribution is -0.115. The molecule has 6 nitrogen and oxygen atoms in total. The quantitative estimate of drug-likeness (QED) is 0.733. The second-order valence-corrected chi connectivity index (χ2v) is 5.73. The molecule has 1 fully saturated rings. The molecule has 1 N–H and O–H groups in total. The molecule has 2 aromatic heterocycles. The van der Waals surface area contributed by atoms with Gasteiger partial charge in [-0.1, -0.05) is 18.2 Å². The van der Waals surface area contributed by atoms with Gasteiger partial charge in [-0.3, -0.25) is 9.78 Å². The van der Waals surface area contributed by atoms with Crippen LogP contribution in [-0.2, 0) is 4.79 Å². The Morgan fingerprint density at radius 2 is 2.04 bits per heavy atom. The summed E-state index contributed by atoms with van der Waals surface area (Å²) in [5.74, 6) is -0.212. The number of para-hydroxylation sites is 2. The smallest absolute Gasteiger partial charge is 0.325 e. The fraction of sp³-hybridized carbons (Fsp3) is 0. The van der Waals surface area contributed by atoms with Crippen LogP contribution >= 0.6 is 11.8 Å². The Hall–Kier alpha value is -2.93. The zero-order valence-electron chi connectivity index (χ0n) is 11.8. The molecule has 1 amide bonds. The van der Waals surface area contributed by atoms with Gasteiger partial charge in [0.2, 0.25) is 0 Å². The predicted molar refractivity (Wildman–Crippen MR) is 89.1 cm³/mol. The summed E-state index contributed by atoms with van der Waals surface area (Å²) in [5.41, 5.74) is 2.10. The van der Waals surface area contributed by atoms with Gasteiger partial charge in [0.1, 0.15) is 5.52 Å². The van der Waals surface area contributed by atoms with Gasteiger partial charge in [-0.05, 0) is 42.1 Å². The van der Waals surface area contributed by atoms with E-state index in [9.17, 15) is 4.79 Å². The van der Waals surface area contributed by atoms with Gasteiger partial charge in [0.05, 0.1) is 10.6 Å². The molecule has 112 valence electrons. The Balaban J connectivity index is 1.61. The number of aliphatic imine (C=N–C) groups is 1. The van der Waals surface area contributed by atoms with Crippen LogP contribution < -0.4 is 5.32 Å². The van der Waals surface area contributed by atoms with E-state index in [2.05, 4.69) is 20.3 Å². The Kier molecular flexibility index (Phi) is 3.39. The van der Waals surface area contributed by atoms with E-state index in [0.29, 0.717) is 21.3 Å². The van der Waals surface area contributed by atoms with Gasteiger partial charge in [0, 0.05) is 6.20 Å². The fourth-order valence-electron chi connectivity index (χ4n) is 2.07. The summed E-state index contributed by atoms with van der Waals surface area (Å²) in [7, 11) is 0. The second-order valence-electron chi connectivity index (χ2n) is 4.70. The number of benzene rings is 1. The molecule has 3 aromatic rings. The van der Waals surface area contributed by atoms with Crippen molar-refractivity contribution in [2.24, 2.45) is 4.99 Å². The number of amidine groups is 1. The lowest BCUT2D eigenvalue weighted by Gasteiger charge is -1.92. The SMILES string of the molecule is O=C1N/C(=N\c2nc3ccccc3o2)S/C1=C\c1ccccn1. The second kappa shape index (κ2) is 5.69. The average molecular weight is 322 g/mol. The number of nitrogens with zero attached hydrogens (tertiary/aromatic N) is 3. The van der Waals surface area contributed by atoms with Gasteiger partial charge in [-0.2, -0.15) is 9.98 Å². The minimum absolute atomic E-state index is 0.212. The van der Waals surface area contributed by atoms with Gasteiger partial charge >= 0.3 is 6.01 Å². The molecule has 1 aliphatic rings. The molecule has 23 heavy (non-hydrogen) atoms. The predicted octanol–water partition coefficient (Wildman–Crippen LogP) is 3.11. The van der Waals surface area contributed by atoms with Crippen LogP contribution in [-0.4, -0.2) is 21.0 Å². The number of nitrogens with one attached hydrogen (secondary N) is 1. The molecule has 0 saturated carbocycles. The average Bonchev–Trinajstić information content (AvgIpc) is 3.11. The van der Waals surface area contributed by atoms with E-state index in [0.717, 1.165) is 5.52 Å². The van der Waals surface area contributed by atoms with Crippen LogP contribution in [0.5, 0.6) is 0 Å². The van der Waals surface area contributed by atoms with Crippen molar-refractivity contribution < 1.29 is 9.21 Å². The summed E-state index contributed by atoms with van der Waals surface area (Å²) in [6.45, 7) is 0. The first-order valence-electron chi connectivity index (χ1n) is 6.84. The Labute approximate surface area is 135 Å². The minimum atomic E-state index is -0.212. The third-order valence-electron chi connectivity index (χ3n) is 3.10. The third-order valence-corrected chi connectivity index (χ3v) is 4.01. The normalized spacial score (nSPS) is 18.0. The first kappa shape index (κ1) is 13.7. The van der Waals surface area contributed by atoms with E-state index < -0.39 is 0 Å². The van der Waals surface area contributed by atoms with Crippen LogP contribution in [0.2, 0.25) is 0 Å². The number of amides is 1. The topological polar surface area (TPSA) is 80.4 Å². The number of oxazole rings is 1. The maximum atomic E-state index is 12.0. The van der Waals surface area contributed by atoms with Crippen LogP contribution in [0.4, 0.5) is 6.01 Å². The lowest BCUT2D eigenvalue weighted by Crippen LogP contribution is -2.19. The molecule has 0 bridgehead atoms. The number of hydrogen-bond donors (Lipinski definition) is 1. The van der Waals surface area contributed by atoms with Crippen molar-refractivity contribution in [3.05, 3.63) is 59.3 Å². The summed E-state index contributed by atoms with van der Waals surface area (Å²) in [5, 5.41) is 3.13. The van der Waals surface area contributed by atoms with Crippen molar-refractivity contribution in [3.63, 3.8) is 0 Å². The summed E-state index contributed by atoms with van der Waals surface area (Å²) in [6.07, 6.45) is 3.39. The molecule has 0 radical (unpaired) electrons. The monoisotopic (exact) mass is 322 g/mol. The zero-order chi connectivity index (χ0) is 15.6. The van der Waals surface area contributed by atoms with Crippen LogP contribution in [0, 0.1) is 0 Å². The van der Waals surface area contributed by atoms with Crippen molar-refractivity contribution in [2.45, 2.75) is 0 Å². The van der Waals surface area contributed by atoms with Crippen LogP contribution in [0.1, 0.15) is 5.69 Å². The van der Waals surface area contributed by atoms with E-state index in [1.807, 2.05) is 42.5 Å². The Morgan fingerprint density at radius 3 is 2.87 bits per heavy atom. The van der Waals surface area contributed by atoms with Gasteiger partial charge in [-0.15, -0.1) is 0 Å². The maximum Gasteiger partial charge on any atom is 0.325 e. The van der Waals surface area contributed by atoms with Gasteiger partial charge < -0.3 is 9.73 Å². The summed E-state index contributed by atoms with van der Waals surface area (Å²) < 4.78 is 5.52. The van der Waals surface area contributed by atoms with Crippen molar-refractivity contribution in [1.29, 1.82) is 0 Å². The van der Waals surface area contributed by atoms with Crippen LogP contribution in [0.3, 0.4) is 0 Å². The standard InChI is InChI=1S/C16H10N4O2S/c21-14-13(9-10-5-3-4-8-17-10)23-16(19-14)20-15-18-11-6-1-2-7-12(11)22-15/h1-9H,(H,18,19,20,21)/b13-9-. The highest BCUT2D eigenvalue weighted by molar-refractivity contribution is 8.18. The molecule has 0 aliphatic carbocycles. The Bertz CT molecular complexity index is 914. The molecule has 0 atom stereocenters. The molecule has 1 saturated heterocycles. The maximum absolute atomic E-state index is 12.0. The summed E-state index contributed by atoms with van der Waals surface area (Å²) >= 11 is 1.23. The molecule has 1 aliphatic heterocycles. The van der Waals surface area contributed by atoms with Crippen molar-refractivity contribution in [2.75, 3.05) is 0 Å². The fourth-order valence-corrected chi connectivity index (χ4v) is 2.87. The largest absolute Gasteiger partial charge is 0.422 e. The number of pyridine rings is 1. The number of carbonyl (C=O) groups is 1. The molecule has 0 unspecified atom stereocenters. The van der Waals surface area contributed by atoms with Gasteiger partial charge in [0.15, 0.2) is 10.8 Å². The number of rotatable bonds is 2. The van der Waals surface area contributed by atoms with E-state index in [4.69, 9.17) is 4.42 Å². The van der Waals surface area contributed by atoms with E-state index >= 15 is 0 Å². The Morgan fingerprint density at radius 1 is 1.17 bits per heavy atom. The first-order chi connectivity index (χ1) is 11.3.